The van der Waals surface area contributed by atoms with Gasteiger partial charge in [-0.25, -0.2) is 0 Å². The van der Waals surface area contributed by atoms with Gasteiger partial charge in [0.2, 0.25) is 0 Å². The van der Waals surface area contributed by atoms with Crippen molar-refractivity contribution in [3.63, 3.8) is 0 Å². The van der Waals surface area contributed by atoms with Crippen LogP contribution >= 0.6 is 0 Å². The summed E-state index contributed by atoms with van der Waals surface area (Å²) in [5.41, 5.74) is -0.455. The van der Waals surface area contributed by atoms with Crippen molar-refractivity contribution >= 4 is 14.6 Å². The van der Waals surface area contributed by atoms with Gasteiger partial charge in [0.05, 0.1) is 6.10 Å². The van der Waals surface area contributed by atoms with Crippen molar-refractivity contribution < 1.29 is 9.22 Å². The van der Waals surface area contributed by atoms with Gasteiger partial charge in [-0.2, -0.15) is 0 Å². The number of aldehydes is 1. The van der Waals surface area contributed by atoms with Gasteiger partial charge in [0.15, 0.2) is 8.32 Å². The van der Waals surface area contributed by atoms with Crippen LogP contribution in [0.3, 0.4) is 0 Å². The van der Waals surface area contributed by atoms with E-state index in [9.17, 15) is 4.79 Å². The van der Waals surface area contributed by atoms with Crippen LogP contribution in [0.15, 0.2) is 12.7 Å². The molecule has 0 fully saturated rings. The first-order valence-corrected chi connectivity index (χ1v) is 9.14. The van der Waals surface area contributed by atoms with Gasteiger partial charge in [-0.1, -0.05) is 40.7 Å². The zero-order chi connectivity index (χ0) is 13.9. The first-order valence-electron chi connectivity index (χ1n) is 6.23. The third-order valence-corrected chi connectivity index (χ3v) is 8.24. The Hall–Kier alpha value is -0.413. The second kappa shape index (κ2) is 5.49. The molecule has 17 heavy (non-hydrogen) atoms. The Morgan fingerprint density at radius 1 is 1.24 bits per heavy atom. The molecule has 1 atom stereocenters. The predicted octanol–water partition coefficient (Wildman–Crippen LogP) is 4.18. The lowest BCUT2D eigenvalue weighted by atomic mass is 9.87. The van der Waals surface area contributed by atoms with Crippen LogP contribution in [0.2, 0.25) is 18.1 Å². The van der Waals surface area contributed by atoms with Crippen LogP contribution in [0.5, 0.6) is 0 Å². The molecule has 0 saturated carbocycles. The van der Waals surface area contributed by atoms with Gasteiger partial charge in [0.25, 0.3) is 0 Å². The molecule has 0 aliphatic rings. The normalized spacial score (nSPS) is 15.5. The molecule has 0 bridgehead atoms. The van der Waals surface area contributed by atoms with Crippen LogP contribution in [-0.4, -0.2) is 20.7 Å². The van der Waals surface area contributed by atoms with Gasteiger partial charge >= 0.3 is 0 Å². The molecule has 0 aromatic rings. The molecule has 0 spiro atoms. The summed E-state index contributed by atoms with van der Waals surface area (Å²) in [6.07, 6.45) is 3.48. The summed E-state index contributed by atoms with van der Waals surface area (Å²) in [4.78, 5) is 11.2. The molecule has 2 nitrogen and oxygen atoms in total. The minimum Gasteiger partial charge on any atom is -0.413 e. The van der Waals surface area contributed by atoms with E-state index in [1.165, 1.54) is 0 Å². The van der Waals surface area contributed by atoms with E-state index in [1.54, 1.807) is 0 Å². The lowest BCUT2D eigenvalue weighted by molar-refractivity contribution is -0.119. The summed E-state index contributed by atoms with van der Waals surface area (Å²) >= 11 is 0. The second-order valence-electron chi connectivity index (χ2n) is 6.83. The molecule has 0 aromatic heterocycles. The Kier molecular flexibility index (Phi) is 5.35. The van der Waals surface area contributed by atoms with E-state index in [-0.39, 0.29) is 11.1 Å². The van der Waals surface area contributed by atoms with Crippen LogP contribution in [0.1, 0.15) is 41.0 Å². The first kappa shape index (κ1) is 16.6. The third-order valence-electron chi connectivity index (χ3n) is 3.76. The van der Waals surface area contributed by atoms with Gasteiger partial charge in [-0.15, -0.1) is 6.58 Å². The monoisotopic (exact) mass is 256 g/mol. The van der Waals surface area contributed by atoms with Gasteiger partial charge in [-0.05, 0) is 24.6 Å². The molecule has 100 valence electrons. The Balaban J connectivity index is 5.02. The molecule has 0 rings (SSSR count). The number of carbonyl (C=O) groups is 1. The molecule has 3 heteroatoms. The van der Waals surface area contributed by atoms with Gasteiger partial charge in [-0.3, -0.25) is 0 Å². The SMILES string of the molecule is C=CC[C@H](O[Si](C)(C)C(C)(C)C)C(C)(C)C=O. The van der Waals surface area contributed by atoms with Crippen molar-refractivity contribution in [1.82, 2.24) is 0 Å². The molecular formula is C14H28O2Si. The average molecular weight is 256 g/mol. The van der Waals surface area contributed by atoms with E-state index in [0.29, 0.717) is 0 Å². The zero-order valence-electron chi connectivity index (χ0n) is 12.5. The molecule has 0 saturated heterocycles. The Morgan fingerprint density at radius 3 is 2.00 bits per heavy atom. The zero-order valence-corrected chi connectivity index (χ0v) is 13.5. The minimum atomic E-state index is -1.84. The maximum absolute atomic E-state index is 11.2. The fraction of sp³-hybridized carbons (Fsp3) is 0.786. The van der Waals surface area contributed by atoms with E-state index in [1.807, 2.05) is 19.9 Å². The van der Waals surface area contributed by atoms with Crippen LogP contribution in [0.4, 0.5) is 0 Å². The fourth-order valence-electron chi connectivity index (χ4n) is 1.26. The summed E-state index contributed by atoms with van der Waals surface area (Å²) in [5.74, 6) is 0. The highest BCUT2D eigenvalue weighted by atomic mass is 28.4. The largest absolute Gasteiger partial charge is 0.413 e. The van der Waals surface area contributed by atoms with Crippen molar-refractivity contribution in [3.05, 3.63) is 12.7 Å². The number of hydrogen-bond donors (Lipinski definition) is 0. The predicted molar refractivity (Wildman–Crippen MR) is 76.7 cm³/mol. The van der Waals surface area contributed by atoms with Crippen LogP contribution < -0.4 is 0 Å². The van der Waals surface area contributed by atoms with E-state index in [2.05, 4.69) is 40.4 Å². The van der Waals surface area contributed by atoms with E-state index < -0.39 is 13.7 Å². The van der Waals surface area contributed by atoms with E-state index in [4.69, 9.17) is 4.43 Å². The maximum Gasteiger partial charge on any atom is 0.192 e. The average Bonchev–Trinajstić information content (AvgIpc) is 2.15. The van der Waals surface area contributed by atoms with E-state index >= 15 is 0 Å². The molecule has 0 aromatic carbocycles. The summed E-state index contributed by atoms with van der Waals surface area (Å²) in [6, 6.07) is 0. The summed E-state index contributed by atoms with van der Waals surface area (Å²) in [5, 5.41) is 0.158. The molecule has 0 unspecified atom stereocenters. The van der Waals surface area contributed by atoms with Crippen molar-refractivity contribution in [1.29, 1.82) is 0 Å². The minimum absolute atomic E-state index is 0.0709. The quantitative estimate of drug-likeness (QED) is 0.405. The summed E-state index contributed by atoms with van der Waals surface area (Å²) in [6.45, 7) is 18.7. The summed E-state index contributed by atoms with van der Waals surface area (Å²) < 4.78 is 6.33. The van der Waals surface area contributed by atoms with Gasteiger partial charge in [0.1, 0.15) is 6.29 Å². The van der Waals surface area contributed by atoms with Crippen LogP contribution in [-0.2, 0) is 9.22 Å². The van der Waals surface area contributed by atoms with Gasteiger partial charge < -0.3 is 9.22 Å². The van der Waals surface area contributed by atoms with Crippen molar-refractivity contribution in [2.24, 2.45) is 5.41 Å². The van der Waals surface area contributed by atoms with Crippen LogP contribution in [0.25, 0.3) is 0 Å². The number of carbonyl (C=O) groups excluding carboxylic acids is 1. The Morgan fingerprint density at radius 2 is 1.71 bits per heavy atom. The Labute approximate surface area is 108 Å². The van der Waals surface area contributed by atoms with Gasteiger partial charge in [0, 0.05) is 5.41 Å². The van der Waals surface area contributed by atoms with Crippen molar-refractivity contribution in [2.75, 3.05) is 0 Å². The maximum atomic E-state index is 11.2. The lowest BCUT2D eigenvalue weighted by Gasteiger charge is -2.42. The fourth-order valence-corrected chi connectivity index (χ4v) is 2.73. The topological polar surface area (TPSA) is 26.3 Å². The number of hydrogen-bond acceptors (Lipinski definition) is 2. The Bertz CT molecular complexity index is 274. The first-order chi connectivity index (χ1) is 7.48. The molecule has 0 N–H and O–H groups in total. The molecule has 0 aliphatic heterocycles. The van der Waals surface area contributed by atoms with Crippen molar-refractivity contribution in [3.8, 4) is 0 Å². The third kappa shape index (κ3) is 4.40. The highest BCUT2D eigenvalue weighted by Crippen LogP contribution is 2.40. The van der Waals surface area contributed by atoms with Crippen LogP contribution in [0, 0.1) is 5.41 Å². The molecule has 0 amide bonds. The lowest BCUT2D eigenvalue weighted by Crippen LogP contribution is -2.48. The smallest absolute Gasteiger partial charge is 0.192 e. The standard InChI is InChI=1S/C14H28O2Si/c1-9-10-12(14(5,6)11-15)16-17(7,8)13(2,3)4/h9,11-12H,1,10H2,2-8H3/t12-/m0/s1. The molecular weight excluding hydrogens is 228 g/mol. The highest BCUT2D eigenvalue weighted by molar-refractivity contribution is 6.74. The van der Waals surface area contributed by atoms with Crippen molar-refractivity contribution in [2.45, 2.75) is 65.3 Å². The second-order valence-corrected chi connectivity index (χ2v) is 11.6. The molecule has 0 radical (unpaired) electrons. The molecule has 0 aliphatic carbocycles. The molecule has 0 heterocycles. The highest BCUT2D eigenvalue weighted by Gasteiger charge is 2.42. The summed E-state index contributed by atoms with van der Waals surface area (Å²) in [7, 11) is -1.84. The number of rotatable bonds is 6. The van der Waals surface area contributed by atoms with E-state index in [0.717, 1.165) is 12.7 Å².